The number of carbonyl (C=O) groups is 2. The van der Waals surface area contributed by atoms with E-state index in [1.165, 1.54) is 11.0 Å². The maximum absolute atomic E-state index is 12.4. The Hall–Kier alpha value is -2.34. The third-order valence-electron chi connectivity index (χ3n) is 4.82. The molecule has 6 heteroatoms. The molecule has 2 N–H and O–H groups in total. The minimum absolute atomic E-state index is 0.0338. The Balaban J connectivity index is 1.89. The number of benzene rings is 1. The van der Waals surface area contributed by atoms with Crippen molar-refractivity contribution in [1.29, 1.82) is 0 Å². The van der Waals surface area contributed by atoms with E-state index in [1.54, 1.807) is 20.2 Å². The average Bonchev–Trinajstić information content (AvgIpc) is 2.56. The van der Waals surface area contributed by atoms with Crippen molar-refractivity contribution in [3.05, 3.63) is 35.9 Å². The Labute approximate surface area is 168 Å². The Morgan fingerprint density at radius 2 is 1.89 bits per heavy atom. The number of hydrogen-bond donors (Lipinski definition) is 2. The first kappa shape index (κ1) is 22.0. The molecule has 1 aromatic rings. The molecule has 2 amide bonds. The van der Waals surface area contributed by atoms with Crippen LogP contribution in [0.15, 0.2) is 30.3 Å². The van der Waals surface area contributed by atoms with Crippen molar-refractivity contribution in [2.24, 2.45) is 0 Å². The summed E-state index contributed by atoms with van der Waals surface area (Å²) in [6, 6.07) is 7.53. The van der Waals surface area contributed by atoms with Gasteiger partial charge in [0.2, 0.25) is 11.8 Å². The van der Waals surface area contributed by atoms with Crippen LogP contribution in [0.4, 0.5) is 0 Å². The van der Waals surface area contributed by atoms with Crippen molar-refractivity contribution in [2.75, 3.05) is 20.7 Å². The lowest BCUT2D eigenvalue weighted by Gasteiger charge is -2.46. The summed E-state index contributed by atoms with van der Waals surface area (Å²) in [4.78, 5) is 26.2. The minimum Gasteiger partial charge on any atom is -0.497 e. The molecule has 6 nitrogen and oxygen atoms in total. The van der Waals surface area contributed by atoms with E-state index in [0.29, 0.717) is 0 Å². The van der Waals surface area contributed by atoms with E-state index in [9.17, 15) is 9.59 Å². The third-order valence-corrected chi connectivity index (χ3v) is 4.82. The molecule has 0 saturated carbocycles. The second-order valence-corrected chi connectivity index (χ2v) is 8.87. The van der Waals surface area contributed by atoms with Gasteiger partial charge in [0.05, 0.1) is 13.7 Å². The average molecular weight is 388 g/mol. The standard InChI is InChI=1S/C22H33N3O3/c1-21(2)13-17(14-22(3,4)24-21)23-19(26)15-25(5)20(27)11-10-16-8-7-9-18(12-16)28-6/h7-12,17,24H,13-15H2,1-6H3,(H,23,26)/b11-10+. The van der Waals surface area contributed by atoms with E-state index in [-0.39, 0.29) is 35.5 Å². The van der Waals surface area contributed by atoms with Crippen molar-refractivity contribution < 1.29 is 14.3 Å². The molecule has 1 saturated heterocycles. The molecular weight excluding hydrogens is 354 g/mol. The number of amides is 2. The summed E-state index contributed by atoms with van der Waals surface area (Å²) in [5, 5.41) is 6.69. The van der Waals surface area contributed by atoms with Gasteiger partial charge in [0.1, 0.15) is 5.75 Å². The molecule has 0 aliphatic carbocycles. The van der Waals surface area contributed by atoms with Crippen LogP contribution < -0.4 is 15.4 Å². The minimum atomic E-state index is -0.219. The quantitative estimate of drug-likeness (QED) is 0.736. The van der Waals surface area contributed by atoms with Crippen LogP contribution in [0.2, 0.25) is 0 Å². The van der Waals surface area contributed by atoms with Gasteiger partial charge in [0.25, 0.3) is 0 Å². The van der Waals surface area contributed by atoms with E-state index in [1.807, 2.05) is 24.3 Å². The maximum atomic E-state index is 12.4. The largest absolute Gasteiger partial charge is 0.497 e. The number of nitrogens with one attached hydrogen (secondary N) is 2. The van der Waals surface area contributed by atoms with E-state index >= 15 is 0 Å². The van der Waals surface area contributed by atoms with Crippen molar-refractivity contribution in [3.63, 3.8) is 0 Å². The Kier molecular flexibility index (Phi) is 6.88. The fraction of sp³-hybridized carbons (Fsp3) is 0.545. The van der Waals surface area contributed by atoms with Gasteiger partial charge in [-0.25, -0.2) is 0 Å². The predicted molar refractivity (Wildman–Crippen MR) is 112 cm³/mol. The summed E-state index contributed by atoms with van der Waals surface area (Å²) >= 11 is 0. The van der Waals surface area contributed by atoms with Gasteiger partial charge in [-0.1, -0.05) is 12.1 Å². The summed E-state index contributed by atoms with van der Waals surface area (Å²) in [6.45, 7) is 8.61. The molecule has 0 aromatic heterocycles. The SMILES string of the molecule is COc1cccc(/C=C/C(=O)N(C)CC(=O)NC2CC(C)(C)NC(C)(C)C2)c1. The highest BCUT2D eigenvalue weighted by Gasteiger charge is 2.38. The monoisotopic (exact) mass is 387 g/mol. The number of methoxy groups -OCH3 is 1. The number of likely N-dealkylation sites (N-methyl/N-ethyl adjacent to an activating group) is 1. The van der Waals surface area contributed by atoms with Gasteiger partial charge in [0, 0.05) is 30.2 Å². The van der Waals surface area contributed by atoms with Crippen molar-refractivity contribution in [1.82, 2.24) is 15.5 Å². The van der Waals surface area contributed by atoms with Gasteiger partial charge in [0.15, 0.2) is 0 Å². The molecule has 2 rings (SSSR count). The lowest BCUT2D eigenvalue weighted by Crippen LogP contribution is -2.62. The molecule has 0 bridgehead atoms. The van der Waals surface area contributed by atoms with E-state index < -0.39 is 0 Å². The molecule has 28 heavy (non-hydrogen) atoms. The molecule has 1 fully saturated rings. The summed E-state index contributed by atoms with van der Waals surface area (Å²) in [6.07, 6.45) is 4.90. The zero-order valence-corrected chi connectivity index (χ0v) is 17.8. The smallest absolute Gasteiger partial charge is 0.246 e. The predicted octanol–water partition coefficient (Wildman–Crippen LogP) is 2.59. The molecule has 0 atom stereocenters. The molecule has 0 spiro atoms. The number of piperidine rings is 1. The van der Waals surface area contributed by atoms with Crippen LogP contribution in [0.5, 0.6) is 5.75 Å². The first-order chi connectivity index (χ1) is 13.0. The fourth-order valence-corrected chi connectivity index (χ4v) is 4.03. The van der Waals surface area contributed by atoms with Crippen LogP contribution in [0.3, 0.4) is 0 Å². The van der Waals surface area contributed by atoms with Crippen LogP contribution >= 0.6 is 0 Å². The van der Waals surface area contributed by atoms with Gasteiger partial charge in [-0.15, -0.1) is 0 Å². The summed E-state index contributed by atoms with van der Waals surface area (Å²) in [5.41, 5.74) is 0.784. The van der Waals surface area contributed by atoms with Crippen LogP contribution in [0.1, 0.15) is 46.1 Å². The van der Waals surface area contributed by atoms with E-state index in [4.69, 9.17) is 4.74 Å². The van der Waals surface area contributed by atoms with Gasteiger partial charge >= 0.3 is 0 Å². The lowest BCUT2D eigenvalue weighted by molar-refractivity contribution is -0.131. The van der Waals surface area contributed by atoms with Crippen molar-refractivity contribution >= 4 is 17.9 Å². The van der Waals surface area contributed by atoms with Gasteiger partial charge in [-0.2, -0.15) is 0 Å². The van der Waals surface area contributed by atoms with Crippen LogP contribution in [0, 0.1) is 0 Å². The van der Waals surface area contributed by atoms with E-state index in [0.717, 1.165) is 24.2 Å². The number of ether oxygens (including phenoxy) is 1. The second kappa shape index (κ2) is 8.78. The van der Waals surface area contributed by atoms with Crippen LogP contribution in [-0.4, -0.2) is 54.5 Å². The van der Waals surface area contributed by atoms with Gasteiger partial charge < -0.3 is 20.3 Å². The molecule has 1 aliphatic heterocycles. The Morgan fingerprint density at radius 3 is 2.50 bits per heavy atom. The normalized spacial score (nSPS) is 18.6. The first-order valence-electron chi connectivity index (χ1n) is 9.66. The number of rotatable bonds is 6. The molecule has 154 valence electrons. The molecular formula is C22H33N3O3. The first-order valence-corrected chi connectivity index (χ1v) is 9.66. The van der Waals surface area contributed by atoms with Crippen molar-refractivity contribution in [3.8, 4) is 5.75 Å². The molecule has 0 radical (unpaired) electrons. The lowest BCUT2D eigenvalue weighted by atomic mass is 9.79. The highest BCUT2D eigenvalue weighted by molar-refractivity contribution is 5.94. The topological polar surface area (TPSA) is 70.7 Å². The number of nitrogens with zero attached hydrogens (tertiary/aromatic N) is 1. The molecule has 1 aromatic carbocycles. The zero-order valence-electron chi connectivity index (χ0n) is 17.8. The summed E-state index contributed by atoms with van der Waals surface area (Å²) < 4.78 is 5.18. The number of carbonyl (C=O) groups excluding carboxylic acids is 2. The van der Waals surface area contributed by atoms with E-state index in [2.05, 4.69) is 38.3 Å². The van der Waals surface area contributed by atoms with Crippen LogP contribution in [0.25, 0.3) is 6.08 Å². The Morgan fingerprint density at radius 1 is 1.25 bits per heavy atom. The third kappa shape index (κ3) is 6.68. The molecule has 1 heterocycles. The summed E-state index contributed by atoms with van der Waals surface area (Å²) in [7, 11) is 3.24. The number of hydrogen-bond acceptors (Lipinski definition) is 4. The van der Waals surface area contributed by atoms with Crippen molar-refractivity contribution in [2.45, 2.75) is 57.7 Å². The maximum Gasteiger partial charge on any atom is 0.246 e. The van der Waals surface area contributed by atoms with Crippen LogP contribution in [-0.2, 0) is 9.59 Å². The second-order valence-electron chi connectivity index (χ2n) is 8.87. The Bertz CT molecular complexity index is 724. The zero-order chi connectivity index (χ0) is 20.9. The van der Waals surface area contributed by atoms with Gasteiger partial charge in [-0.05, 0) is 64.3 Å². The highest BCUT2D eigenvalue weighted by atomic mass is 16.5. The molecule has 1 aliphatic rings. The molecule has 0 unspecified atom stereocenters. The highest BCUT2D eigenvalue weighted by Crippen LogP contribution is 2.28. The summed E-state index contributed by atoms with van der Waals surface area (Å²) in [5.74, 6) is 0.378. The van der Waals surface area contributed by atoms with Gasteiger partial charge in [-0.3, -0.25) is 9.59 Å². The fourth-order valence-electron chi connectivity index (χ4n) is 4.03.